The van der Waals surface area contributed by atoms with E-state index in [-0.39, 0.29) is 36.2 Å². The lowest BCUT2D eigenvalue weighted by Crippen LogP contribution is -2.61. The summed E-state index contributed by atoms with van der Waals surface area (Å²) in [5, 5.41) is 20.9. The first-order chi connectivity index (χ1) is 22.3. The minimum Gasteiger partial charge on any atom is -0.390 e. The van der Waals surface area contributed by atoms with Crippen LogP contribution >= 0.6 is 0 Å². The van der Waals surface area contributed by atoms with Crippen LogP contribution in [0.5, 0.6) is 0 Å². The van der Waals surface area contributed by atoms with Crippen molar-refractivity contribution in [2.24, 2.45) is 17.8 Å². The van der Waals surface area contributed by atoms with Crippen LogP contribution in [0.1, 0.15) is 89.1 Å². The highest BCUT2D eigenvalue weighted by Gasteiger charge is 2.42. The number of amides is 3. The largest absolute Gasteiger partial charge is 0.390 e. The molecule has 1 aromatic heterocycles. The molecule has 2 heterocycles. The number of likely N-dealkylation sites (tertiary alicyclic amines) is 1. The van der Waals surface area contributed by atoms with Gasteiger partial charge in [-0.15, -0.1) is 0 Å². The maximum absolute atomic E-state index is 14.0. The number of hydrogen-bond donors (Lipinski definition) is 4. The molecule has 2 unspecified atom stereocenters. The van der Waals surface area contributed by atoms with Crippen molar-refractivity contribution in [1.82, 2.24) is 25.8 Å². The van der Waals surface area contributed by atoms with E-state index in [0.29, 0.717) is 23.8 Å². The number of hydrogen-bond acceptors (Lipinski definition) is 7. The van der Waals surface area contributed by atoms with Gasteiger partial charge in [0.2, 0.25) is 11.8 Å². The molecule has 47 heavy (non-hydrogen) atoms. The molecule has 1 saturated carbocycles. The maximum atomic E-state index is 14.0. The first-order valence-electron chi connectivity index (χ1n) is 17.1. The third kappa shape index (κ3) is 10.7. The molecule has 0 radical (unpaired) electrons. The fourth-order valence-electron chi connectivity index (χ4n) is 7.18. The van der Waals surface area contributed by atoms with Gasteiger partial charge in [0.1, 0.15) is 11.8 Å². The standard InChI is InChI=1S/C37H53N5O5/c1-24(19-25(2)43)33(40-34(45)27-15-17-38-18-16-27)36(47)39-30(20-26-11-7-6-8-12-26)32(44)23-42-22-29-14-10-9-13-28(29)21-31(42)35(46)41-37(3,4)5/h6-8,11-12,15-18,24,28-33,44H,9-10,13-14,19-23H2,1-5H3,(H,39,47)(H,40,45)(H,41,46)/t24?,28-,29?,30-,31-,32+,33-/m0/s1. The van der Waals surface area contributed by atoms with E-state index in [1.54, 1.807) is 19.1 Å². The Morgan fingerprint density at radius 3 is 2.28 bits per heavy atom. The topological polar surface area (TPSA) is 141 Å². The molecule has 4 N–H and O–H groups in total. The van der Waals surface area contributed by atoms with Crippen LogP contribution in [0.4, 0.5) is 0 Å². The van der Waals surface area contributed by atoms with Gasteiger partial charge in [-0.1, -0.05) is 56.5 Å². The van der Waals surface area contributed by atoms with E-state index in [0.717, 1.165) is 31.4 Å². The molecule has 0 spiro atoms. The molecule has 1 aromatic carbocycles. The Labute approximate surface area is 279 Å². The van der Waals surface area contributed by atoms with Crippen LogP contribution < -0.4 is 16.0 Å². The highest BCUT2D eigenvalue weighted by atomic mass is 16.3. The zero-order chi connectivity index (χ0) is 34.1. The van der Waals surface area contributed by atoms with E-state index in [1.165, 1.54) is 32.2 Å². The zero-order valence-corrected chi connectivity index (χ0v) is 28.6. The van der Waals surface area contributed by atoms with Gasteiger partial charge in [-0.2, -0.15) is 0 Å². The van der Waals surface area contributed by atoms with Gasteiger partial charge in [0.25, 0.3) is 5.91 Å². The Morgan fingerprint density at radius 2 is 1.64 bits per heavy atom. The van der Waals surface area contributed by atoms with Gasteiger partial charge in [-0.25, -0.2) is 0 Å². The van der Waals surface area contributed by atoms with E-state index >= 15 is 0 Å². The quantitative estimate of drug-likeness (QED) is 0.260. The highest BCUT2D eigenvalue weighted by Crippen LogP contribution is 2.39. The van der Waals surface area contributed by atoms with Gasteiger partial charge < -0.3 is 25.9 Å². The highest BCUT2D eigenvalue weighted by molar-refractivity contribution is 5.97. The van der Waals surface area contributed by atoms with Crippen LogP contribution in [0.15, 0.2) is 54.9 Å². The van der Waals surface area contributed by atoms with E-state index in [2.05, 4.69) is 25.8 Å². The second kappa shape index (κ2) is 16.5. The van der Waals surface area contributed by atoms with Gasteiger partial charge in [0.15, 0.2) is 0 Å². The van der Waals surface area contributed by atoms with Crippen molar-refractivity contribution in [3.8, 4) is 0 Å². The monoisotopic (exact) mass is 647 g/mol. The van der Waals surface area contributed by atoms with E-state index in [4.69, 9.17) is 0 Å². The molecule has 4 rings (SSSR count). The summed E-state index contributed by atoms with van der Waals surface area (Å²) in [6, 6.07) is 10.6. The molecule has 10 heteroatoms. The smallest absolute Gasteiger partial charge is 0.252 e. The lowest BCUT2D eigenvalue weighted by molar-refractivity contribution is -0.133. The van der Waals surface area contributed by atoms with Crippen molar-refractivity contribution in [3.05, 3.63) is 66.0 Å². The number of fused-ring (bicyclic) bond motifs is 1. The van der Waals surface area contributed by atoms with Gasteiger partial charge in [0.05, 0.1) is 18.2 Å². The molecule has 1 aliphatic carbocycles. The number of aromatic nitrogens is 1. The van der Waals surface area contributed by atoms with Crippen LogP contribution in [0.25, 0.3) is 0 Å². The summed E-state index contributed by atoms with van der Waals surface area (Å²) < 4.78 is 0. The van der Waals surface area contributed by atoms with Crippen molar-refractivity contribution in [2.75, 3.05) is 13.1 Å². The minimum absolute atomic E-state index is 0.0330. The second-order valence-electron chi connectivity index (χ2n) is 14.7. The molecule has 1 aliphatic heterocycles. The van der Waals surface area contributed by atoms with Crippen LogP contribution in [0.2, 0.25) is 0 Å². The number of nitrogens with one attached hydrogen (secondary N) is 3. The Morgan fingerprint density at radius 1 is 0.979 bits per heavy atom. The first kappa shape index (κ1) is 36.2. The van der Waals surface area contributed by atoms with E-state index in [1.807, 2.05) is 51.1 Å². The SMILES string of the molecule is CC(=O)CC(C)[C@H](NC(=O)c1ccncc1)C(=O)N[C@@H](Cc1ccccc1)[C@H](O)CN1CC2CCCC[C@H]2C[C@H]1C(=O)NC(C)(C)C. The van der Waals surface area contributed by atoms with Crippen molar-refractivity contribution in [3.63, 3.8) is 0 Å². The molecular weight excluding hydrogens is 594 g/mol. The number of rotatable bonds is 13. The number of aliphatic hydroxyl groups excluding tert-OH is 1. The Hall–Kier alpha value is -3.63. The molecule has 0 bridgehead atoms. The Kier molecular flexibility index (Phi) is 12.7. The number of carbonyl (C=O) groups excluding carboxylic acids is 4. The number of piperidine rings is 1. The maximum Gasteiger partial charge on any atom is 0.252 e. The molecule has 10 nitrogen and oxygen atoms in total. The predicted molar refractivity (Wildman–Crippen MR) is 181 cm³/mol. The number of ketones is 1. The van der Waals surface area contributed by atoms with Crippen molar-refractivity contribution in [1.29, 1.82) is 0 Å². The average molecular weight is 648 g/mol. The molecular formula is C37H53N5O5. The lowest BCUT2D eigenvalue weighted by atomic mass is 9.72. The number of carbonyl (C=O) groups is 4. The lowest BCUT2D eigenvalue weighted by Gasteiger charge is -2.47. The van der Waals surface area contributed by atoms with Crippen molar-refractivity contribution >= 4 is 23.5 Å². The van der Waals surface area contributed by atoms with Crippen molar-refractivity contribution < 1.29 is 24.3 Å². The third-order valence-corrected chi connectivity index (χ3v) is 9.51. The van der Waals surface area contributed by atoms with Gasteiger partial charge >= 0.3 is 0 Å². The first-order valence-corrected chi connectivity index (χ1v) is 17.1. The van der Waals surface area contributed by atoms with Crippen LogP contribution in [0.3, 0.4) is 0 Å². The summed E-state index contributed by atoms with van der Waals surface area (Å²) in [5.41, 5.74) is 0.888. The summed E-state index contributed by atoms with van der Waals surface area (Å²) in [6.45, 7) is 10.1. The summed E-state index contributed by atoms with van der Waals surface area (Å²) in [6.07, 6.45) is 7.78. The minimum atomic E-state index is -1.02. The summed E-state index contributed by atoms with van der Waals surface area (Å²) in [4.78, 5) is 58.9. The van der Waals surface area contributed by atoms with Gasteiger partial charge in [0, 0.05) is 43.0 Å². The van der Waals surface area contributed by atoms with Gasteiger partial charge in [-0.3, -0.25) is 24.3 Å². The molecule has 7 atom stereocenters. The fourth-order valence-corrected chi connectivity index (χ4v) is 7.18. The number of β-amino-alcohol motifs (C(OH)–C–C–N with tert-alkyl or cyclic N) is 1. The number of Topliss-reactive ketones (excluding diaryl/α,β-unsaturated/α-hetero) is 1. The Bertz CT molecular complexity index is 1350. The number of nitrogens with zero attached hydrogens (tertiary/aromatic N) is 2. The molecule has 2 fully saturated rings. The predicted octanol–water partition coefficient (Wildman–Crippen LogP) is 3.68. The average Bonchev–Trinajstić information content (AvgIpc) is 3.02. The molecule has 1 saturated heterocycles. The Balaban J connectivity index is 1.58. The zero-order valence-electron chi connectivity index (χ0n) is 28.6. The summed E-state index contributed by atoms with van der Waals surface area (Å²) in [7, 11) is 0. The third-order valence-electron chi connectivity index (χ3n) is 9.51. The normalized spacial score (nSPS) is 22.6. The van der Waals surface area contributed by atoms with Crippen molar-refractivity contribution in [2.45, 2.75) is 109 Å². The molecule has 2 aromatic rings. The molecule has 256 valence electrons. The van der Waals surface area contributed by atoms with Gasteiger partial charge in [-0.05, 0) is 82.4 Å². The second-order valence-corrected chi connectivity index (χ2v) is 14.7. The molecule has 2 aliphatic rings. The number of aliphatic hydroxyl groups is 1. The number of benzene rings is 1. The fraction of sp³-hybridized carbons (Fsp3) is 0.595. The summed E-state index contributed by atoms with van der Waals surface area (Å²) in [5.74, 6) is -0.601. The van der Waals surface area contributed by atoms with E-state index in [9.17, 15) is 24.3 Å². The van der Waals surface area contributed by atoms with Crippen LogP contribution in [0, 0.1) is 17.8 Å². The molecule has 3 amide bonds. The van der Waals surface area contributed by atoms with Crippen LogP contribution in [-0.2, 0) is 20.8 Å². The van der Waals surface area contributed by atoms with E-state index < -0.39 is 35.9 Å². The number of pyridine rings is 1. The van der Waals surface area contributed by atoms with Crippen LogP contribution in [-0.4, -0.2) is 81.4 Å². The summed E-state index contributed by atoms with van der Waals surface area (Å²) >= 11 is 0.